The van der Waals surface area contributed by atoms with Gasteiger partial charge in [-0.05, 0) is 30.3 Å². The van der Waals surface area contributed by atoms with Gasteiger partial charge in [-0.1, -0.05) is 34.1 Å². The number of rotatable bonds is 7. The minimum Gasteiger partial charge on any atom is -0.311 e. The van der Waals surface area contributed by atoms with Crippen LogP contribution in [0.5, 0.6) is 0 Å². The second kappa shape index (κ2) is 8.44. The third-order valence-electron chi connectivity index (χ3n) is 4.36. The van der Waals surface area contributed by atoms with Crippen LogP contribution in [0.25, 0.3) is 0 Å². The van der Waals surface area contributed by atoms with E-state index in [4.69, 9.17) is 0 Å². The van der Waals surface area contributed by atoms with E-state index in [-0.39, 0.29) is 0 Å². The van der Waals surface area contributed by atoms with Crippen LogP contribution in [0.3, 0.4) is 0 Å². The molecule has 4 unspecified atom stereocenters. The lowest BCUT2D eigenvalue weighted by atomic mass is 9.94. The van der Waals surface area contributed by atoms with Gasteiger partial charge in [0.25, 0.3) is 0 Å². The molecule has 108 valence electrons. The standard InChI is InChI=1S/C15H32N2S/c1-6-13(4)15-10-17(9-12(3)11-18-5)14(7-2)8-16-15/h12-16H,6-11H2,1-5H3. The molecular weight excluding hydrogens is 240 g/mol. The molecule has 1 rings (SSSR count). The molecule has 0 aliphatic carbocycles. The van der Waals surface area contributed by atoms with Gasteiger partial charge in [-0.3, -0.25) is 4.90 Å². The first-order chi connectivity index (χ1) is 8.62. The molecule has 1 heterocycles. The number of hydrogen-bond acceptors (Lipinski definition) is 3. The van der Waals surface area contributed by atoms with Crippen LogP contribution in [0.4, 0.5) is 0 Å². The fourth-order valence-electron chi connectivity index (χ4n) is 2.91. The Balaban J connectivity index is 2.53. The van der Waals surface area contributed by atoms with Gasteiger partial charge in [-0.25, -0.2) is 0 Å². The Kier molecular flexibility index (Phi) is 7.66. The van der Waals surface area contributed by atoms with Gasteiger partial charge in [0.05, 0.1) is 0 Å². The Morgan fingerprint density at radius 2 is 2.06 bits per heavy atom. The first kappa shape index (κ1) is 16.3. The molecule has 1 saturated heterocycles. The van der Waals surface area contributed by atoms with Gasteiger partial charge in [-0.15, -0.1) is 0 Å². The molecule has 0 saturated carbocycles. The van der Waals surface area contributed by atoms with Crippen molar-refractivity contribution in [2.24, 2.45) is 11.8 Å². The summed E-state index contributed by atoms with van der Waals surface area (Å²) >= 11 is 1.98. The summed E-state index contributed by atoms with van der Waals surface area (Å²) in [5.74, 6) is 2.89. The van der Waals surface area contributed by atoms with E-state index in [0.717, 1.165) is 17.9 Å². The average Bonchev–Trinajstić information content (AvgIpc) is 2.38. The third kappa shape index (κ3) is 4.75. The zero-order chi connectivity index (χ0) is 13.5. The van der Waals surface area contributed by atoms with Crippen molar-refractivity contribution in [2.45, 2.75) is 52.6 Å². The molecule has 1 aliphatic rings. The summed E-state index contributed by atoms with van der Waals surface area (Å²) in [6.07, 6.45) is 4.77. The molecule has 3 heteroatoms. The molecule has 0 amide bonds. The van der Waals surface area contributed by atoms with Crippen LogP contribution < -0.4 is 5.32 Å². The predicted octanol–water partition coefficient (Wildman–Crippen LogP) is 3.08. The van der Waals surface area contributed by atoms with E-state index < -0.39 is 0 Å². The summed E-state index contributed by atoms with van der Waals surface area (Å²) in [4.78, 5) is 2.74. The van der Waals surface area contributed by atoms with Gasteiger partial charge in [0.2, 0.25) is 0 Å². The van der Waals surface area contributed by atoms with Crippen molar-refractivity contribution in [3.05, 3.63) is 0 Å². The Bertz CT molecular complexity index is 223. The Labute approximate surface area is 118 Å². The summed E-state index contributed by atoms with van der Waals surface area (Å²) < 4.78 is 0. The molecule has 0 aromatic carbocycles. The van der Waals surface area contributed by atoms with Crippen molar-refractivity contribution in [3.63, 3.8) is 0 Å². The van der Waals surface area contributed by atoms with Crippen LogP contribution in [-0.2, 0) is 0 Å². The van der Waals surface area contributed by atoms with Crippen molar-refractivity contribution in [1.29, 1.82) is 0 Å². The topological polar surface area (TPSA) is 15.3 Å². The lowest BCUT2D eigenvalue weighted by Crippen LogP contribution is -2.58. The van der Waals surface area contributed by atoms with Crippen LogP contribution in [0.2, 0.25) is 0 Å². The van der Waals surface area contributed by atoms with E-state index in [2.05, 4.69) is 44.2 Å². The molecule has 2 nitrogen and oxygen atoms in total. The smallest absolute Gasteiger partial charge is 0.0221 e. The highest BCUT2D eigenvalue weighted by Crippen LogP contribution is 2.19. The molecule has 1 fully saturated rings. The molecule has 1 N–H and O–H groups in total. The molecule has 0 aromatic rings. The van der Waals surface area contributed by atoms with Gasteiger partial charge in [0.15, 0.2) is 0 Å². The number of nitrogens with one attached hydrogen (secondary N) is 1. The molecule has 0 aromatic heterocycles. The maximum absolute atomic E-state index is 3.76. The molecule has 0 radical (unpaired) electrons. The first-order valence-corrected chi connectivity index (χ1v) is 8.98. The minimum atomic E-state index is 0.694. The minimum absolute atomic E-state index is 0.694. The average molecular weight is 273 g/mol. The number of thioether (sulfide) groups is 1. The number of nitrogens with zero attached hydrogens (tertiary/aromatic N) is 1. The van der Waals surface area contributed by atoms with Gasteiger partial charge in [0.1, 0.15) is 0 Å². The lowest BCUT2D eigenvalue weighted by Gasteiger charge is -2.43. The van der Waals surface area contributed by atoms with Gasteiger partial charge in [0, 0.05) is 31.7 Å². The maximum Gasteiger partial charge on any atom is 0.0221 e. The van der Waals surface area contributed by atoms with E-state index in [0.29, 0.717) is 6.04 Å². The summed E-state index contributed by atoms with van der Waals surface area (Å²) in [5.41, 5.74) is 0. The van der Waals surface area contributed by atoms with Crippen LogP contribution >= 0.6 is 11.8 Å². The highest BCUT2D eigenvalue weighted by Gasteiger charge is 2.29. The summed E-state index contributed by atoms with van der Waals surface area (Å²) in [6, 6.07) is 1.44. The normalized spacial score (nSPS) is 29.2. The fourth-order valence-corrected chi connectivity index (χ4v) is 3.59. The molecule has 0 bridgehead atoms. The zero-order valence-corrected chi connectivity index (χ0v) is 13.7. The van der Waals surface area contributed by atoms with Gasteiger partial charge < -0.3 is 5.32 Å². The Hall–Kier alpha value is 0.270. The molecule has 18 heavy (non-hydrogen) atoms. The largest absolute Gasteiger partial charge is 0.311 e. The highest BCUT2D eigenvalue weighted by molar-refractivity contribution is 7.98. The van der Waals surface area contributed by atoms with Crippen LogP contribution in [0.1, 0.15) is 40.5 Å². The van der Waals surface area contributed by atoms with Crippen molar-refractivity contribution in [1.82, 2.24) is 10.2 Å². The van der Waals surface area contributed by atoms with Gasteiger partial charge >= 0.3 is 0 Å². The molecular formula is C15H32N2S. The van der Waals surface area contributed by atoms with E-state index in [1.807, 2.05) is 11.8 Å². The molecule has 1 aliphatic heterocycles. The van der Waals surface area contributed by atoms with Crippen molar-refractivity contribution in [2.75, 3.05) is 31.6 Å². The second-order valence-corrected chi connectivity index (χ2v) is 6.89. The summed E-state index contributed by atoms with van der Waals surface area (Å²) in [5, 5.41) is 3.76. The zero-order valence-electron chi connectivity index (χ0n) is 12.9. The van der Waals surface area contributed by atoms with Crippen LogP contribution in [0, 0.1) is 11.8 Å². The predicted molar refractivity (Wildman–Crippen MR) is 84.4 cm³/mol. The fraction of sp³-hybridized carbons (Fsp3) is 1.00. The Morgan fingerprint density at radius 1 is 1.33 bits per heavy atom. The van der Waals surface area contributed by atoms with Crippen molar-refractivity contribution >= 4 is 11.8 Å². The number of piperazine rings is 1. The Morgan fingerprint density at radius 3 is 2.61 bits per heavy atom. The SMILES string of the molecule is CCC(C)C1CN(CC(C)CSC)C(CC)CN1. The monoisotopic (exact) mass is 272 g/mol. The summed E-state index contributed by atoms with van der Waals surface area (Å²) in [7, 11) is 0. The maximum atomic E-state index is 3.76. The first-order valence-electron chi connectivity index (χ1n) is 7.58. The van der Waals surface area contributed by atoms with Crippen LogP contribution in [-0.4, -0.2) is 48.6 Å². The van der Waals surface area contributed by atoms with E-state index in [1.165, 1.54) is 38.2 Å². The highest BCUT2D eigenvalue weighted by atomic mass is 32.2. The molecule has 4 atom stereocenters. The van der Waals surface area contributed by atoms with E-state index >= 15 is 0 Å². The third-order valence-corrected chi connectivity index (χ3v) is 5.27. The summed E-state index contributed by atoms with van der Waals surface area (Å²) in [6.45, 7) is 13.1. The van der Waals surface area contributed by atoms with Crippen molar-refractivity contribution in [3.8, 4) is 0 Å². The quantitative estimate of drug-likeness (QED) is 0.767. The number of hydrogen-bond donors (Lipinski definition) is 1. The second-order valence-electron chi connectivity index (χ2n) is 5.98. The van der Waals surface area contributed by atoms with Crippen molar-refractivity contribution < 1.29 is 0 Å². The van der Waals surface area contributed by atoms with Gasteiger partial charge in [-0.2, -0.15) is 11.8 Å². The van der Waals surface area contributed by atoms with Crippen LogP contribution in [0.15, 0.2) is 0 Å². The van der Waals surface area contributed by atoms with E-state index in [9.17, 15) is 0 Å². The molecule has 0 spiro atoms. The lowest BCUT2D eigenvalue weighted by molar-refractivity contribution is 0.0951. The van der Waals surface area contributed by atoms with E-state index in [1.54, 1.807) is 0 Å².